The van der Waals surface area contributed by atoms with E-state index in [-0.39, 0.29) is 5.78 Å². The number of benzene rings is 1. The summed E-state index contributed by atoms with van der Waals surface area (Å²) >= 11 is 1.60. The van der Waals surface area contributed by atoms with Gasteiger partial charge in [-0.25, -0.2) is 0 Å². The number of aromatic nitrogens is 1. The molecule has 19 heavy (non-hydrogen) atoms. The third-order valence-corrected chi connectivity index (χ3v) is 4.04. The van der Waals surface area contributed by atoms with Gasteiger partial charge in [-0.1, -0.05) is 18.2 Å². The normalized spacial score (nSPS) is 10.8. The third kappa shape index (κ3) is 2.06. The summed E-state index contributed by atoms with van der Waals surface area (Å²) in [4.78, 5) is 18.2. The van der Waals surface area contributed by atoms with Crippen molar-refractivity contribution in [1.82, 2.24) is 4.98 Å². The molecule has 0 spiro atoms. The predicted octanol–water partition coefficient (Wildman–Crippen LogP) is 4.14. The zero-order chi connectivity index (χ0) is 13.4. The minimum absolute atomic E-state index is 0.0838. The van der Waals surface area contributed by atoms with E-state index in [2.05, 4.69) is 4.98 Å². The van der Waals surface area contributed by atoms with Crippen LogP contribution in [0.5, 0.6) is 0 Å². The molecule has 3 rings (SSSR count). The second-order valence-electron chi connectivity index (χ2n) is 4.55. The highest BCUT2D eigenvalue weighted by molar-refractivity contribution is 7.10. The first-order chi connectivity index (χ1) is 9.16. The predicted molar refractivity (Wildman–Crippen MR) is 79.0 cm³/mol. The van der Waals surface area contributed by atoms with Crippen LogP contribution in [0, 0.1) is 13.8 Å². The van der Waals surface area contributed by atoms with Crippen LogP contribution in [0.2, 0.25) is 0 Å². The van der Waals surface area contributed by atoms with Crippen LogP contribution in [0.3, 0.4) is 0 Å². The zero-order valence-electron chi connectivity index (χ0n) is 10.8. The Morgan fingerprint density at radius 2 is 1.89 bits per heavy atom. The summed E-state index contributed by atoms with van der Waals surface area (Å²) in [6.45, 7) is 3.90. The smallest absolute Gasteiger partial charge is 0.194 e. The van der Waals surface area contributed by atoms with Gasteiger partial charge in [0.15, 0.2) is 5.78 Å². The second kappa shape index (κ2) is 4.59. The summed E-state index contributed by atoms with van der Waals surface area (Å²) in [5.74, 6) is 0.0838. The maximum absolute atomic E-state index is 12.7. The van der Waals surface area contributed by atoms with Crippen molar-refractivity contribution in [2.45, 2.75) is 13.8 Å². The van der Waals surface area contributed by atoms with Gasteiger partial charge in [-0.15, -0.1) is 11.3 Å². The molecule has 0 aliphatic rings. The van der Waals surface area contributed by atoms with Crippen LogP contribution in [0.15, 0.2) is 41.8 Å². The molecular formula is C16H13NOS. The van der Waals surface area contributed by atoms with Gasteiger partial charge in [0.1, 0.15) is 0 Å². The van der Waals surface area contributed by atoms with Crippen molar-refractivity contribution in [2.75, 3.05) is 0 Å². The summed E-state index contributed by atoms with van der Waals surface area (Å²) in [7, 11) is 0. The summed E-state index contributed by atoms with van der Waals surface area (Å²) in [5.41, 5.74) is 3.28. The van der Waals surface area contributed by atoms with Crippen LogP contribution in [0.4, 0.5) is 0 Å². The number of hydrogen-bond acceptors (Lipinski definition) is 3. The average molecular weight is 267 g/mol. The number of nitrogens with zero attached hydrogens (tertiary/aromatic N) is 1. The van der Waals surface area contributed by atoms with E-state index in [0.29, 0.717) is 0 Å². The van der Waals surface area contributed by atoms with E-state index in [1.54, 1.807) is 11.3 Å². The van der Waals surface area contributed by atoms with Gasteiger partial charge in [0, 0.05) is 27.1 Å². The van der Waals surface area contributed by atoms with Crippen molar-refractivity contribution in [3.05, 3.63) is 63.5 Å². The molecule has 0 atom stereocenters. The van der Waals surface area contributed by atoms with Crippen LogP contribution >= 0.6 is 11.3 Å². The Morgan fingerprint density at radius 3 is 2.63 bits per heavy atom. The lowest BCUT2D eigenvalue weighted by atomic mass is 9.99. The van der Waals surface area contributed by atoms with Gasteiger partial charge in [-0.3, -0.25) is 9.78 Å². The van der Waals surface area contributed by atoms with E-state index >= 15 is 0 Å². The standard InChI is InChI=1S/C16H13NOS/c1-10-9-14(13-5-3-4-6-15(13)17-10)16(18)12-7-8-19-11(12)2/h3-9H,1-2H3. The first kappa shape index (κ1) is 12.1. The van der Waals surface area contributed by atoms with Crippen molar-refractivity contribution in [2.24, 2.45) is 0 Å². The van der Waals surface area contributed by atoms with Crippen LogP contribution in [-0.2, 0) is 0 Å². The number of carbonyl (C=O) groups excluding carboxylic acids is 1. The molecule has 3 aromatic rings. The summed E-state index contributed by atoms with van der Waals surface area (Å²) in [6, 6.07) is 11.6. The number of rotatable bonds is 2. The Labute approximate surface area is 115 Å². The minimum Gasteiger partial charge on any atom is -0.289 e. The minimum atomic E-state index is 0.0838. The highest BCUT2D eigenvalue weighted by Gasteiger charge is 2.16. The molecule has 0 saturated carbocycles. The lowest BCUT2D eigenvalue weighted by Crippen LogP contribution is -2.04. The molecule has 0 aliphatic carbocycles. The number of carbonyl (C=O) groups is 1. The van der Waals surface area contributed by atoms with Gasteiger partial charge in [0.25, 0.3) is 0 Å². The number of fused-ring (bicyclic) bond motifs is 1. The van der Waals surface area contributed by atoms with Crippen molar-refractivity contribution < 1.29 is 4.79 Å². The SMILES string of the molecule is Cc1cc(C(=O)c2ccsc2C)c2ccccc2n1. The molecule has 0 bridgehead atoms. The molecule has 0 amide bonds. The van der Waals surface area contributed by atoms with E-state index in [9.17, 15) is 4.79 Å². The van der Waals surface area contributed by atoms with Gasteiger partial charge >= 0.3 is 0 Å². The molecule has 0 N–H and O–H groups in total. The van der Waals surface area contributed by atoms with Gasteiger partial charge < -0.3 is 0 Å². The van der Waals surface area contributed by atoms with Crippen molar-refractivity contribution in [3.63, 3.8) is 0 Å². The molecule has 0 fully saturated rings. The fourth-order valence-electron chi connectivity index (χ4n) is 2.26. The Morgan fingerprint density at radius 1 is 1.11 bits per heavy atom. The Balaban J connectivity index is 2.25. The molecular weight excluding hydrogens is 254 g/mol. The van der Waals surface area contributed by atoms with Crippen LogP contribution in [0.25, 0.3) is 10.9 Å². The molecule has 0 unspecified atom stereocenters. The van der Waals surface area contributed by atoms with Crippen molar-refractivity contribution in [1.29, 1.82) is 0 Å². The second-order valence-corrected chi connectivity index (χ2v) is 5.67. The highest BCUT2D eigenvalue weighted by Crippen LogP contribution is 2.24. The number of pyridine rings is 1. The van der Waals surface area contributed by atoms with E-state index in [0.717, 1.165) is 32.6 Å². The van der Waals surface area contributed by atoms with E-state index < -0.39 is 0 Å². The molecule has 2 aromatic heterocycles. The first-order valence-corrected chi connectivity index (χ1v) is 7.00. The van der Waals surface area contributed by atoms with E-state index in [1.807, 2.05) is 55.6 Å². The lowest BCUT2D eigenvalue weighted by Gasteiger charge is -2.07. The van der Waals surface area contributed by atoms with Gasteiger partial charge in [0.2, 0.25) is 0 Å². The van der Waals surface area contributed by atoms with Crippen LogP contribution in [0.1, 0.15) is 26.5 Å². The lowest BCUT2D eigenvalue weighted by molar-refractivity contribution is 0.104. The fraction of sp³-hybridized carbons (Fsp3) is 0.125. The van der Waals surface area contributed by atoms with Crippen LogP contribution < -0.4 is 0 Å². The van der Waals surface area contributed by atoms with Crippen LogP contribution in [-0.4, -0.2) is 10.8 Å². The van der Waals surface area contributed by atoms with Gasteiger partial charge in [0.05, 0.1) is 5.52 Å². The number of aryl methyl sites for hydroxylation is 2. The topological polar surface area (TPSA) is 30.0 Å². The third-order valence-electron chi connectivity index (χ3n) is 3.19. The molecule has 94 valence electrons. The molecule has 2 nitrogen and oxygen atoms in total. The summed E-state index contributed by atoms with van der Waals surface area (Å²) in [5, 5.41) is 2.88. The van der Waals surface area contributed by atoms with Gasteiger partial charge in [-0.05, 0) is 37.4 Å². The molecule has 0 saturated heterocycles. The quantitative estimate of drug-likeness (QED) is 0.653. The van der Waals surface area contributed by atoms with E-state index in [4.69, 9.17) is 0 Å². The molecule has 3 heteroatoms. The molecule has 0 aliphatic heterocycles. The van der Waals surface area contributed by atoms with Crippen molar-refractivity contribution >= 4 is 28.0 Å². The summed E-state index contributed by atoms with van der Waals surface area (Å²) in [6.07, 6.45) is 0. The van der Waals surface area contributed by atoms with E-state index in [1.165, 1.54) is 0 Å². The zero-order valence-corrected chi connectivity index (χ0v) is 11.6. The van der Waals surface area contributed by atoms with Crippen molar-refractivity contribution in [3.8, 4) is 0 Å². The summed E-state index contributed by atoms with van der Waals surface area (Å²) < 4.78 is 0. The Bertz CT molecular complexity index is 773. The molecule has 0 radical (unpaired) electrons. The highest BCUT2D eigenvalue weighted by atomic mass is 32.1. The number of para-hydroxylation sites is 1. The maximum atomic E-state index is 12.7. The fourth-order valence-corrected chi connectivity index (χ4v) is 2.96. The molecule has 1 aromatic carbocycles. The number of hydrogen-bond donors (Lipinski definition) is 0. The first-order valence-electron chi connectivity index (χ1n) is 6.12. The average Bonchev–Trinajstić information content (AvgIpc) is 2.83. The Hall–Kier alpha value is -2.00. The monoisotopic (exact) mass is 267 g/mol. The molecule has 2 heterocycles. The number of ketones is 1. The largest absolute Gasteiger partial charge is 0.289 e. The van der Waals surface area contributed by atoms with Gasteiger partial charge in [-0.2, -0.15) is 0 Å². The number of thiophene rings is 1. The maximum Gasteiger partial charge on any atom is 0.194 e. The Kier molecular flexibility index (Phi) is 2.91.